The van der Waals surface area contributed by atoms with E-state index in [9.17, 15) is 0 Å². The first kappa shape index (κ1) is 14.0. The Balaban J connectivity index is 1.49. The molecule has 3 heteroatoms. The number of hydrogen-bond acceptors (Lipinski definition) is 3. The van der Waals surface area contributed by atoms with Crippen molar-refractivity contribution >= 4 is 0 Å². The minimum absolute atomic E-state index is 0.854. The van der Waals surface area contributed by atoms with Crippen LogP contribution in [-0.4, -0.2) is 47.0 Å². The lowest BCUT2D eigenvalue weighted by Gasteiger charge is -2.43. The van der Waals surface area contributed by atoms with E-state index < -0.39 is 0 Å². The molecule has 1 aromatic rings. The minimum Gasteiger partial charge on any atom is -0.298 e. The number of aromatic nitrogens is 1. The van der Waals surface area contributed by atoms with Crippen LogP contribution in [0.4, 0.5) is 0 Å². The van der Waals surface area contributed by atoms with E-state index >= 15 is 0 Å². The van der Waals surface area contributed by atoms with Crippen molar-refractivity contribution in [2.45, 2.75) is 45.2 Å². The second-order valence-electron chi connectivity index (χ2n) is 6.50. The molecule has 2 atom stereocenters. The van der Waals surface area contributed by atoms with E-state index in [1.807, 2.05) is 12.4 Å². The van der Waals surface area contributed by atoms with E-state index in [0.29, 0.717) is 0 Å². The molecular weight excluding hydrogens is 246 g/mol. The van der Waals surface area contributed by atoms with Crippen molar-refractivity contribution in [3.63, 3.8) is 0 Å². The Labute approximate surface area is 123 Å². The fraction of sp³-hybridized carbons (Fsp3) is 0.706. The third-order valence-corrected chi connectivity index (χ3v) is 5.10. The Bertz CT molecular complexity index is 398. The standard InChI is InChI=1S/C17H27N3/c1-15-4-2-3-5-17(15)20-12-10-19(11-13-20)14-16-6-8-18-9-7-16/h6-9,15,17H,2-5,10-14H2,1H3. The highest BCUT2D eigenvalue weighted by Crippen LogP contribution is 2.28. The van der Waals surface area contributed by atoms with Crippen LogP contribution in [0.1, 0.15) is 38.2 Å². The third-order valence-electron chi connectivity index (χ3n) is 5.10. The predicted molar refractivity (Wildman–Crippen MR) is 82.5 cm³/mol. The molecule has 0 bridgehead atoms. The molecule has 0 N–H and O–H groups in total. The van der Waals surface area contributed by atoms with Gasteiger partial charge in [-0.25, -0.2) is 0 Å². The molecule has 1 aliphatic carbocycles. The summed E-state index contributed by atoms with van der Waals surface area (Å²) in [5.74, 6) is 0.899. The molecule has 1 saturated heterocycles. The molecule has 3 rings (SSSR count). The Morgan fingerprint density at radius 1 is 1.05 bits per heavy atom. The van der Waals surface area contributed by atoms with Crippen molar-refractivity contribution in [3.8, 4) is 0 Å². The van der Waals surface area contributed by atoms with Gasteiger partial charge in [-0.05, 0) is 36.5 Å². The van der Waals surface area contributed by atoms with Gasteiger partial charge >= 0.3 is 0 Å². The van der Waals surface area contributed by atoms with Crippen molar-refractivity contribution in [2.75, 3.05) is 26.2 Å². The fourth-order valence-corrected chi connectivity index (χ4v) is 3.84. The SMILES string of the molecule is CC1CCCCC1N1CCN(Cc2ccncc2)CC1. The van der Waals surface area contributed by atoms with Crippen molar-refractivity contribution in [1.82, 2.24) is 14.8 Å². The maximum Gasteiger partial charge on any atom is 0.0271 e. The van der Waals surface area contributed by atoms with Crippen LogP contribution in [0.3, 0.4) is 0 Å². The first-order valence-corrected chi connectivity index (χ1v) is 8.18. The molecule has 2 heterocycles. The second kappa shape index (κ2) is 6.68. The molecule has 110 valence electrons. The number of piperazine rings is 1. The van der Waals surface area contributed by atoms with Gasteiger partial charge in [0.05, 0.1) is 0 Å². The van der Waals surface area contributed by atoms with Crippen LogP contribution in [0, 0.1) is 5.92 Å². The lowest BCUT2D eigenvalue weighted by Crippen LogP contribution is -2.52. The van der Waals surface area contributed by atoms with Crippen molar-refractivity contribution in [3.05, 3.63) is 30.1 Å². The van der Waals surface area contributed by atoms with E-state index in [1.165, 1.54) is 57.4 Å². The summed E-state index contributed by atoms with van der Waals surface area (Å²) in [5, 5.41) is 0. The van der Waals surface area contributed by atoms with Gasteiger partial charge in [-0.2, -0.15) is 0 Å². The molecule has 0 aromatic carbocycles. The van der Waals surface area contributed by atoms with Gasteiger partial charge in [0, 0.05) is 51.2 Å². The average Bonchev–Trinajstić information content (AvgIpc) is 2.50. The minimum atomic E-state index is 0.854. The van der Waals surface area contributed by atoms with E-state index in [2.05, 4.69) is 33.8 Å². The molecule has 0 amide bonds. The smallest absolute Gasteiger partial charge is 0.0271 e. The molecule has 3 nitrogen and oxygen atoms in total. The summed E-state index contributed by atoms with van der Waals surface area (Å²) in [6.07, 6.45) is 9.53. The summed E-state index contributed by atoms with van der Waals surface area (Å²) in [4.78, 5) is 9.43. The zero-order chi connectivity index (χ0) is 13.8. The first-order valence-electron chi connectivity index (χ1n) is 8.18. The summed E-state index contributed by atoms with van der Waals surface area (Å²) in [6, 6.07) is 5.12. The molecule has 2 aliphatic rings. The zero-order valence-corrected chi connectivity index (χ0v) is 12.7. The molecule has 2 fully saturated rings. The quantitative estimate of drug-likeness (QED) is 0.844. The van der Waals surface area contributed by atoms with Gasteiger partial charge in [0.25, 0.3) is 0 Å². The Morgan fingerprint density at radius 2 is 1.75 bits per heavy atom. The van der Waals surface area contributed by atoms with Crippen molar-refractivity contribution in [2.24, 2.45) is 5.92 Å². The number of rotatable bonds is 3. The largest absolute Gasteiger partial charge is 0.298 e. The molecular formula is C17H27N3. The lowest BCUT2D eigenvalue weighted by atomic mass is 9.84. The molecule has 0 radical (unpaired) electrons. The molecule has 1 saturated carbocycles. The lowest BCUT2D eigenvalue weighted by molar-refractivity contribution is 0.0518. The van der Waals surface area contributed by atoms with E-state index in [1.54, 1.807) is 0 Å². The highest BCUT2D eigenvalue weighted by molar-refractivity contribution is 5.09. The Hall–Kier alpha value is -0.930. The molecule has 0 spiro atoms. The van der Waals surface area contributed by atoms with Crippen LogP contribution in [0.5, 0.6) is 0 Å². The molecule has 1 aromatic heterocycles. The van der Waals surface area contributed by atoms with Crippen molar-refractivity contribution < 1.29 is 0 Å². The topological polar surface area (TPSA) is 19.4 Å². The van der Waals surface area contributed by atoms with Crippen LogP contribution in [0.2, 0.25) is 0 Å². The molecule has 1 aliphatic heterocycles. The first-order chi connectivity index (χ1) is 9.83. The Morgan fingerprint density at radius 3 is 2.45 bits per heavy atom. The number of hydrogen-bond donors (Lipinski definition) is 0. The van der Waals surface area contributed by atoms with Gasteiger partial charge in [0.2, 0.25) is 0 Å². The highest BCUT2D eigenvalue weighted by atomic mass is 15.3. The van der Waals surface area contributed by atoms with Crippen LogP contribution < -0.4 is 0 Å². The van der Waals surface area contributed by atoms with E-state index in [-0.39, 0.29) is 0 Å². The van der Waals surface area contributed by atoms with Gasteiger partial charge in [0.15, 0.2) is 0 Å². The highest BCUT2D eigenvalue weighted by Gasteiger charge is 2.29. The van der Waals surface area contributed by atoms with Gasteiger partial charge < -0.3 is 0 Å². The molecule has 20 heavy (non-hydrogen) atoms. The van der Waals surface area contributed by atoms with Crippen LogP contribution >= 0.6 is 0 Å². The number of pyridine rings is 1. The summed E-state index contributed by atoms with van der Waals surface area (Å²) in [6.45, 7) is 8.46. The zero-order valence-electron chi connectivity index (χ0n) is 12.7. The maximum atomic E-state index is 4.09. The monoisotopic (exact) mass is 273 g/mol. The summed E-state index contributed by atoms with van der Waals surface area (Å²) in [5.41, 5.74) is 1.39. The van der Waals surface area contributed by atoms with Crippen molar-refractivity contribution in [1.29, 1.82) is 0 Å². The Kier molecular flexibility index (Phi) is 4.69. The van der Waals surface area contributed by atoms with E-state index in [0.717, 1.165) is 18.5 Å². The second-order valence-corrected chi connectivity index (χ2v) is 6.50. The van der Waals surface area contributed by atoms with Crippen LogP contribution in [0.15, 0.2) is 24.5 Å². The van der Waals surface area contributed by atoms with Gasteiger partial charge in [-0.3, -0.25) is 14.8 Å². The molecule has 2 unspecified atom stereocenters. The fourth-order valence-electron chi connectivity index (χ4n) is 3.84. The van der Waals surface area contributed by atoms with Crippen LogP contribution in [0.25, 0.3) is 0 Å². The number of nitrogens with zero attached hydrogens (tertiary/aromatic N) is 3. The van der Waals surface area contributed by atoms with E-state index in [4.69, 9.17) is 0 Å². The van der Waals surface area contributed by atoms with Gasteiger partial charge in [-0.15, -0.1) is 0 Å². The van der Waals surface area contributed by atoms with Gasteiger partial charge in [-0.1, -0.05) is 19.8 Å². The van der Waals surface area contributed by atoms with Gasteiger partial charge in [0.1, 0.15) is 0 Å². The predicted octanol–water partition coefficient (Wildman–Crippen LogP) is 2.78. The third kappa shape index (κ3) is 3.39. The summed E-state index contributed by atoms with van der Waals surface area (Å²) >= 11 is 0. The summed E-state index contributed by atoms with van der Waals surface area (Å²) < 4.78 is 0. The normalized spacial score (nSPS) is 29.4. The maximum absolute atomic E-state index is 4.09. The average molecular weight is 273 g/mol. The van der Waals surface area contributed by atoms with Crippen LogP contribution in [-0.2, 0) is 6.54 Å². The summed E-state index contributed by atoms with van der Waals surface area (Å²) in [7, 11) is 0.